The fraction of sp³-hybridized carbons (Fsp3) is 0.900. The number of carbonyl (C=O) groups excluding carboxylic acids is 1. The van der Waals surface area contributed by atoms with E-state index < -0.39 is 55.0 Å². The highest BCUT2D eigenvalue weighted by Gasteiger charge is 2.65. The predicted molar refractivity (Wildman–Crippen MR) is 63.4 cm³/mol. The van der Waals surface area contributed by atoms with E-state index in [1.807, 2.05) is 0 Å². The van der Waals surface area contributed by atoms with E-state index in [0.717, 1.165) is 0 Å². The minimum absolute atomic E-state index is 0.235. The van der Waals surface area contributed by atoms with Crippen molar-refractivity contribution >= 4 is 26.0 Å². The van der Waals surface area contributed by atoms with E-state index in [1.54, 1.807) is 0 Å². The minimum Gasteiger partial charge on any atom is -0.292 e. The van der Waals surface area contributed by atoms with Gasteiger partial charge in [0.1, 0.15) is 0 Å². The van der Waals surface area contributed by atoms with Gasteiger partial charge in [0, 0.05) is 12.3 Å². The maximum Gasteiger partial charge on any atom is 0.426 e. The van der Waals surface area contributed by atoms with Crippen LogP contribution in [0.3, 0.4) is 0 Å². The Morgan fingerprint density at radius 3 is 2.52 bits per heavy atom. The highest BCUT2D eigenvalue weighted by Crippen LogP contribution is 2.58. The molecule has 0 aromatic rings. The Hall–Kier alpha value is -0.650. The van der Waals surface area contributed by atoms with E-state index in [1.165, 1.54) is 0 Å². The summed E-state index contributed by atoms with van der Waals surface area (Å²) < 4.78 is 84.3. The molecule has 3 aliphatic rings. The molecular weight excluding hydrogens is 334 g/mol. The molecule has 3 rings (SSSR count). The van der Waals surface area contributed by atoms with Crippen LogP contribution in [0.2, 0.25) is 0 Å². The molecule has 2 saturated carbocycles. The zero-order valence-electron chi connectivity index (χ0n) is 10.5. The molecule has 1 heterocycles. The van der Waals surface area contributed by atoms with Gasteiger partial charge in [-0.25, -0.2) is 0 Å². The van der Waals surface area contributed by atoms with Crippen molar-refractivity contribution in [1.82, 2.24) is 0 Å². The van der Waals surface area contributed by atoms with Crippen molar-refractivity contribution in [2.24, 2.45) is 17.8 Å². The van der Waals surface area contributed by atoms with Crippen LogP contribution in [0.25, 0.3) is 0 Å². The molecule has 0 radical (unpaired) electrons. The molecule has 1 aliphatic heterocycles. The quantitative estimate of drug-likeness (QED) is 0.570. The summed E-state index contributed by atoms with van der Waals surface area (Å²) in [5.74, 6) is -3.28. The standard InChI is InChI=1S/C10H12F2O7S2/c11-10(12,21(16,17)18)8(13)3-5-4-1-6-7(2-4)20(14,15)19-9(5)6/h4-7,9H,1-3H2,(H,16,17,18). The van der Waals surface area contributed by atoms with Gasteiger partial charge in [-0.1, -0.05) is 0 Å². The lowest BCUT2D eigenvalue weighted by atomic mass is 9.83. The summed E-state index contributed by atoms with van der Waals surface area (Å²) in [5.41, 5.74) is 0. The third kappa shape index (κ3) is 2.05. The Kier molecular flexibility index (Phi) is 3.06. The molecule has 1 saturated heterocycles. The van der Waals surface area contributed by atoms with Gasteiger partial charge in [0.2, 0.25) is 5.78 Å². The van der Waals surface area contributed by atoms with Crippen LogP contribution in [0.1, 0.15) is 19.3 Å². The number of fused-ring (bicyclic) bond motifs is 1. The number of ketones is 1. The van der Waals surface area contributed by atoms with Gasteiger partial charge in [0.25, 0.3) is 10.1 Å². The number of hydrogen-bond acceptors (Lipinski definition) is 6. The highest BCUT2D eigenvalue weighted by molar-refractivity contribution is 7.88. The number of carbonyl (C=O) groups is 1. The molecule has 3 fully saturated rings. The summed E-state index contributed by atoms with van der Waals surface area (Å²) in [6, 6.07) is 0. The van der Waals surface area contributed by atoms with Crippen LogP contribution in [0, 0.1) is 17.8 Å². The van der Waals surface area contributed by atoms with Crippen molar-refractivity contribution in [2.45, 2.75) is 35.9 Å². The molecule has 21 heavy (non-hydrogen) atoms. The summed E-state index contributed by atoms with van der Waals surface area (Å²) >= 11 is 0. The molecule has 0 aromatic heterocycles. The van der Waals surface area contributed by atoms with E-state index in [0.29, 0.717) is 6.42 Å². The normalized spacial score (nSPS) is 40.6. The topological polar surface area (TPSA) is 115 Å². The molecule has 5 atom stereocenters. The van der Waals surface area contributed by atoms with Gasteiger partial charge in [-0.3, -0.25) is 13.5 Å². The molecule has 0 amide bonds. The van der Waals surface area contributed by atoms with Crippen LogP contribution in [0.5, 0.6) is 0 Å². The lowest BCUT2D eigenvalue weighted by molar-refractivity contribution is -0.135. The summed E-state index contributed by atoms with van der Waals surface area (Å²) in [5, 5.41) is -5.54. The van der Waals surface area contributed by atoms with Gasteiger partial charge in [0.15, 0.2) is 0 Å². The van der Waals surface area contributed by atoms with Crippen molar-refractivity contribution < 1.29 is 39.1 Å². The van der Waals surface area contributed by atoms with Crippen molar-refractivity contribution in [3.8, 4) is 0 Å². The van der Waals surface area contributed by atoms with Crippen LogP contribution in [0.15, 0.2) is 0 Å². The van der Waals surface area contributed by atoms with E-state index in [4.69, 9.17) is 8.74 Å². The number of rotatable bonds is 4. The second kappa shape index (κ2) is 4.21. The summed E-state index contributed by atoms with van der Waals surface area (Å²) in [7, 11) is -9.57. The Bertz CT molecular complexity index is 699. The molecule has 11 heteroatoms. The van der Waals surface area contributed by atoms with Crippen molar-refractivity contribution in [1.29, 1.82) is 0 Å². The molecule has 2 aliphatic carbocycles. The monoisotopic (exact) mass is 346 g/mol. The summed E-state index contributed by atoms with van der Waals surface area (Å²) in [6.45, 7) is 0. The van der Waals surface area contributed by atoms with Crippen molar-refractivity contribution in [2.75, 3.05) is 0 Å². The second-order valence-corrected chi connectivity index (χ2v) is 9.02. The van der Waals surface area contributed by atoms with Crippen molar-refractivity contribution in [3.63, 3.8) is 0 Å². The molecule has 2 bridgehead atoms. The molecule has 120 valence electrons. The molecule has 0 aromatic carbocycles. The molecule has 1 N–H and O–H groups in total. The Morgan fingerprint density at radius 2 is 1.95 bits per heavy atom. The Labute approximate surface area is 119 Å². The molecule has 7 nitrogen and oxygen atoms in total. The average molecular weight is 346 g/mol. The van der Waals surface area contributed by atoms with Gasteiger partial charge < -0.3 is 0 Å². The SMILES string of the molecule is O=C(CC1C2CC3C1OS(=O)(=O)C3C2)C(F)(F)S(=O)(=O)O. The smallest absolute Gasteiger partial charge is 0.292 e. The number of halogens is 2. The average Bonchev–Trinajstić information content (AvgIpc) is 2.91. The van der Waals surface area contributed by atoms with Gasteiger partial charge in [0.05, 0.1) is 11.4 Å². The largest absolute Gasteiger partial charge is 0.426 e. The third-order valence-electron chi connectivity index (χ3n) is 4.72. The first-order valence-electron chi connectivity index (χ1n) is 6.25. The first kappa shape index (κ1) is 15.3. The maximum absolute atomic E-state index is 13.3. The fourth-order valence-corrected chi connectivity index (χ4v) is 6.10. The van der Waals surface area contributed by atoms with Crippen molar-refractivity contribution in [3.05, 3.63) is 0 Å². The number of hydrogen-bond donors (Lipinski definition) is 1. The summed E-state index contributed by atoms with van der Waals surface area (Å²) in [4.78, 5) is 11.5. The molecular formula is C10H12F2O7S2. The zero-order chi connectivity index (χ0) is 15.8. The minimum atomic E-state index is -5.83. The fourth-order valence-electron chi connectivity index (χ4n) is 3.81. The van der Waals surface area contributed by atoms with E-state index in [9.17, 15) is 30.4 Å². The van der Waals surface area contributed by atoms with E-state index >= 15 is 0 Å². The number of Topliss-reactive ketones (excluding diaryl/α,β-unsaturated/α-hetero) is 1. The summed E-state index contributed by atoms with van der Waals surface area (Å²) in [6.07, 6.45) is -0.983. The van der Waals surface area contributed by atoms with Crippen LogP contribution in [-0.2, 0) is 29.2 Å². The lowest BCUT2D eigenvalue weighted by Gasteiger charge is -2.25. The first-order valence-corrected chi connectivity index (χ1v) is 9.16. The van der Waals surface area contributed by atoms with Crippen LogP contribution in [-0.4, -0.2) is 43.8 Å². The molecule has 0 spiro atoms. The van der Waals surface area contributed by atoms with Crippen LogP contribution >= 0.6 is 0 Å². The number of alkyl halides is 2. The van der Waals surface area contributed by atoms with Gasteiger partial charge in [-0.05, 0) is 24.7 Å². The highest BCUT2D eigenvalue weighted by atomic mass is 32.2. The second-order valence-electron chi connectivity index (χ2n) is 5.77. The lowest BCUT2D eigenvalue weighted by Crippen LogP contribution is -2.41. The maximum atomic E-state index is 13.3. The van der Waals surface area contributed by atoms with E-state index in [-0.39, 0.29) is 18.3 Å². The zero-order valence-corrected chi connectivity index (χ0v) is 12.1. The third-order valence-corrected chi connectivity index (χ3v) is 7.37. The van der Waals surface area contributed by atoms with Gasteiger partial charge >= 0.3 is 15.4 Å². The Balaban J connectivity index is 1.81. The van der Waals surface area contributed by atoms with Crippen LogP contribution in [0.4, 0.5) is 8.78 Å². The first-order chi connectivity index (χ1) is 9.45. The van der Waals surface area contributed by atoms with Gasteiger partial charge in [-0.15, -0.1) is 0 Å². The van der Waals surface area contributed by atoms with Gasteiger partial charge in [-0.2, -0.15) is 25.6 Å². The molecule has 5 unspecified atom stereocenters. The van der Waals surface area contributed by atoms with Crippen LogP contribution < -0.4 is 0 Å². The Morgan fingerprint density at radius 1 is 1.33 bits per heavy atom. The van der Waals surface area contributed by atoms with E-state index in [2.05, 4.69) is 0 Å². The predicted octanol–water partition coefficient (Wildman–Crippen LogP) is 0.179.